The van der Waals surface area contributed by atoms with Gasteiger partial charge in [-0.2, -0.15) is 4.98 Å². The fourth-order valence-corrected chi connectivity index (χ4v) is 2.42. The van der Waals surface area contributed by atoms with E-state index in [1.165, 1.54) is 17.2 Å². The Labute approximate surface area is 144 Å². The molecule has 7 heteroatoms. The number of rotatable bonds is 4. The highest BCUT2D eigenvalue weighted by Crippen LogP contribution is 2.18. The Kier molecular flexibility index (Phi) is 4.57. The second kappa shape index (κ2) is 6.80. The van der Waals surface area contributed by atoms with Gasteiger partial charge in [-0.25, -0.2) is 4.98 Å². The maximum absolute atomic E-state index is 12.4. The van der Waals surface area contributed by atoms with Crippen molar-refractivity contribution >= 4 is 17.5 Å². The van der Waals surface area contributed by atoms with Crippen LogP contribution in [0.5, 0.6) is 0 Å². The van der Waals surface area contributed by atoms with Crippen LogP contribution in [0.4, 0.5) is 0 Å². The average Bonchev–Trinajstić information content (AvgIpc) is 3.02. The SMILES string of the molecule is Cc1cccc(-c2noc(CN(C)C(=O)c3ccnc(Cl)c3)n2)c1. The van der Waals surface area contributed by atoms with Crippen LogP contribution in [0.15, 0.2) is 47.1 Å². The van der Waals surface area contributed by atoms with Crippen LogP contribution < -0.4 is 0 Å². The summed E-state index contributed by atoms with van der Waals surface area (Å²) in [6.07, 6.45) is 1.49. The van der Waals surface area contributed by atoms with Gasteiger partial charge in [0, 0.05) is 24.4 Å². The summed E-state index contributed by atoms with van der Waals surface area (Å²) in [7, 11) is 1.66. The number of aromatic nitrogens is 3. The minimum atomic E-state index is -0.199. The molecule has 0 N–H and O–H groups in total. The number of halogens is 1. The van der Waals surface area contributed by atoms with Gasteiger partial charge in [0.25, 0.3) is 5.91 Å². The lowest BCUT2D eigenvalue weighted by Crippen LogP contribution is -2.26. The van der Waals surface area contributed by atoms with E-state index in [1.807, 2.05) is 31.2 Å². The summed E-state index contributed by atoms with van der Waals surface area (Å²) in [5.41, 5.74) is 2.44. The molecule has 0 bridgehead atoms. The summed E-state index contributed by atoms with van der Waals surface area (Å²) in [5, 5.41) is 4.24. The van der Waals surface area contributed by atoms with Crippen molar-refractivity contribution in [1.29, 1.82) is 0 Å². The number of carbonyl (C=O) groups excluding carboxylic acids is 1. The van der Waals surface area contributed by atoms with Crippen molar-refractivity contribution in [3.8, 4) is 11.4 Å². The molecule has 0 atom stereocenters. The Morgan fingerprint density at radius 3 is 2.88 bits per heavy atom. The summed E-state index contributed by atoms with van der Waals surface area (Å²) in [6.45, 7) is 2.20. The predicted molar refractivity (Wildman–Crippen MR) is 89.5 cm³/mol. The van der Waals surface area contributed by atoms with Gasteiger partial charge in [0.15, 0.2) is 0 Å². The van der Waals surface area contributed by atoms with E-state index in [2.05, 4.69) is 15.1 Å². The highest BCUT2D eigenvalue weighted by atomic mass is 35.5. The zero-order valence-corrected chi connectivity index (χ0v) is 14.0. The van der Waals surface area contributed by atoms with Gasteiger partial charge >= 0.3 is 0 Å². The molecule has 0 aliphatic carbocycles. The first-order chi connectivity index (χ1) is 11.5. The fourth-order valence-electron chi connectivity index (χ4n) is 2.25. The van der Waals surface area contributed by atoms with E-state index >= 15 is 0 Å². The molecule has 2 aromatic heterocycles. The Morgan fingerprint density at radius 2 is 2.12 bits per heavy atom. The smallest absolute Gasteiger partial charge is 0.254 e. The van der Waals surface area contributed by atoms with Crippen LogP contribution in [0, 0.1) is 6.92 Å². The molecule has 0 radical (unpaired) electrons. The van der Waals surface area contributed by atoms with Gasteiger partial charge in [-0.05, 0) is 25.1 Å². The number of carbonyl (C=O) groups is 1. The average molecular weight is 343 g/mol. The van der Waals surface area contributed by atoms with Gasteiger partial charge < -0.3 is 9.42 Å². The summed E-state index contributed by atoms with van der Waals surface area (Å²) < 4.78 is 5.25. The van der Waals surface area contributed by atoms with Gasteiger partial charge in [0.2, 0.25) is 11.7 Å². The number of amides is 1. The largest absolute Gasteiger partial charge is 0.337 e. The van der Waals surface area contributed by atoms with E-state index in [1.54, 1.807) is 13.1 Å². The van der Waals surface area contributed by atoms with Crippen LogP contribution >= 0.6 is 11.6 Å². The number of aryl methyl sites for hydroxylation is 1. The summed E-state index contributed by atoms with van der Waals surface area (Å²) in [5.74, 6) is 0.665. The molecule has 1 aromatic carbocycles. The molecule has 0 aliphatic rings. The lowest BCUT2D eigenvalue weighted by molar-refractivity contribution is 0.0769. The van der Waals surface area contributed by atoms with E-state index in [0.717, 1.165) is 11.1 Å². The zero-order chi connectivity index (χ0) is 17.1. The quantitative estimate of drug-likeness (QED) is 0.680. The molecule has 3 rings (SSSR count). The van der Waals surface area contributed by atoms with Gasteiger partial charge in [-0.15, -0.1) is 0 Å². The minimum absolute atomic E-state index is 0.199. The molecule has 122 valence electrons. The maximum atomic E-state index is 12.4. The predicted octanol–water partition coefficient (Wildman–Crippen LogP) is 3.37. The van der Waals surface area contributed by atoms with Crippen molar-refractivity contribution in [3.05, 3.63) is 64.8 Å². The molecule has 0 saturated heterocycles. The lowest BCUT2D eigenvalue weighted by Gasteiger charge is -2.14. The van der Waals surface area contributed by atoms with E-state index in [4.69, 9.17) is 16.1 Å². The number of pyridine rings is 1. The zero-order valence-electron chi connectivity index (χ0n) is 13.2. The number of hydrogen-bond acceptors (Lipinski definition) is 5. The molecule has 0 spiro atoms. The summed E-state index contributed by atoms with van der Waals surface area (Å²) in [6, 6.07) is 10.9. The Balaban J connectivity index is 1.73. The minimum Gasteiger partial charge on any atom is -0.337 e. The van der Waals surface area contributed by atoms with Crippen LogP contribution in [0.2, 0.25) is 5.15 Å². The molecule has 0 aliphatic heterocycles. The molecule has 6 nitrogen and oxygen atoms in total. The van der Waals surface area contributed by atoms with Crippen molar-refractivity contribution in [1.82, 2.24) is 20.0 Å². The first-order valence-corrected chi connectivity index (χ1v) is 7.67. The highest BCUT2D eigenvalue weighted by Gasteiger charge is 2.16. The highest BCUT2D eigenvalue weighted by molar-refractivity contribution is 6.29. The van der Waals surface area contributed by atoms with Crippen molar-refractivity contribution in [3.63, 3.8) is 0 Å². The third-order valence-corrected chi connectivity index (χ3v) is 3.64. The van der Waals surface area contributed by atoms with Crippen molar-refractivity contribution in [2.45, 2.75) is 13.5 Å². The molecule has 2 heterocycles. The number of hydrogen-bond donors (Lipinski definition) is 0. The molecule has 0 fully saturated rings. The standard InChI is InChI=1S/C17H15ClN4O2/c1-11-4-3-5-12(8-11)16-20-15(24-21-16)10-22(2)17(23)13-6-7-19-14(18)9-13/h3-9H,10H2,1-2H3. The van der Waals surface area contributed by atoms with Gasteiger partial charge in [0.05, 0.1) is 6.54 Å². The van der Waals surface area contributed by atoms with E-state index in [-0.39, 0.29) is 17.6 Å². The third-order valence-electron chi connectivity index (χ3n) is 3.44. The number of nitrogens with zero attached hydrogens (tertiary/aromatic N) is 4. The van der Waals surface area contributed by atoms with E-state index in [9.17, 15) is 4.79 Å². The lowest BCUT2D eigenvalue weighted by atomic mass is 10.1. The van der Waals surface area contributed by atoms with Crippen LogP contribution in [0.25, 0.3) is 11.4 Å². The summed E-state index contributed by atoms with van der Waals surface area (Å²) >= 11 is 5.81. The number of benzene rings is 1. The van der Waals surface area contributed by atoms with Crippen molar-refractivity contribution < 1.29 is 9.32 Å². The molecule has 3 aromatic rings. The first-order valence-electron chi connectivity index (χ1n) is 7.29. The molecule has 1 amide bonds. The molecule has 0 saturated carbocycles. The normalized spacial score (nSPS) is 10.6. The fraction of sp³-hybridized carbons (Fsp3) is 0.176. The van der Waals surface area contributed by atoms with E-state index in [0.29, 0.717) is 17.3 Å². The van der Waals surface area contributed by atoms with Crippen molar-refractivity contribution in [2.24, 2.45) is 0 Å². The van der Waals surface area contributed by atoms with Crippen LogP contribution in [0.1, 0.15) is 21.8 Å². The van der Waals surface area contributed by atoms with Gasteiger partial charge in [0.1, 0.15) is 5.15 Å². The summed E-state index contributed by atoms with van der Waals surface area (Å²) in [4.78, 5) is 22.1. The van der Waals surface area contributed by atoms with Crippen molar-refractivity contribution in [2.75, 3.05) is 7.05 Å². The Bertz CT molecular complexity index is 878. The van der Waals surface area contributed by atoms with Crippen LogP contribution in [0.3, 0.4) is 0 Å². The third kappa shape index (κ3) is 3.60. The van der Waals surface area contributed by atoms with Crippen LogP contribution in [-0.2, 0) is 6.54 Å². The Morgan fingerprint density at radius 1 is 1.29 bits per heavy atom. The second-order valence-electron chi connectivity index (χ2n) is 5.41. The second-order valence-corrected chi connectivity index (χ2v) is 5.80. The maximum Gasteiger partial charge on any atom is 0.254 e. The topological polar surface area (TPSA) is 72.1 Å². The molecule has 0 unspecified atom stereocenters. The molecule has 24 heavy (non-hydrogen) atoms. The molecular formula is C17H15ClN4O2. The van der Waals surface area contributed by atoms with E-state index < -0.39 is 0 Å². The van der Waals surface area contributed by atoms with Gasteiger partial charge in [-0.1, -0.05) is 40.5 Å². The monoisotopic (exact) mass is 342 g/mol. The Hall–Kier alpha value is -2.73. The first kappa shape index (κ1) is 16.1. The van der Waals surface area contributed by atoms with Gasteiger partial charge in [-0.3, -0.25) is 4.79 Å². The molecular weight excluding hydrogens is 328 g/mol. The van der Waals surface area contributed by atoms with Crippen LogP contribution in [-0.4, -0.2) is 33.0 Å².